The van der Waals surface area contributed by atoms with Gasteiger partial charge in [-0.25, -0.2) is 0 Å². The summed E-state index contributed by atoms with van der Waals surface area (Å²) in [6.45, 7) is 0.495. The molecule has 0 unspecified atom stereocenters. The molecule has 0 atom stereocenters. The van der Waals surface area contributed by atoms with Crippen molar-refractivity contribution < 1.29 is 19.0 Å². The Hall–Kier alpha value is -2.89. The van der Waals surface area contributed by atoms with Crippen LogP contribution in [0.4, 0.5) is 11.4 Å². The molecule has 3 N–H and O–H groups in total. The number of nitrogens with two attached hydrogens (primary N) is 1. The van der Waals surface area contributed by atoms with Gasteiger partial charge in [-0.3, -0.25) is 4.79 Å². The third-order valence-corrected chi connectivity index (χ3v) is 3.11. The summed E-state index contributed by atoms with van der Waals surface area (Å²) in [6.07, 6.45) is 0.239. The molecule has 22 heavy (non-hydrogen) atoms. The highest BCUT2D eigenvalue weighted by molar-refractivity contribution is 5.91. The molecule has 6 nitrogen and oxygen atoms in total. The molecule has 0 saturated carbocycles. The van der Waals surface area contributed by atoms with Crippen LogP contribution in [0, 0.1) is 0 Å². The zero-order valence-corrected chi connectivity index (χ0v) is 11.9. The minimum atomic E-state index is -0.133. The van der Waals surface area contributed by atoms with Crippen molar-refractivity contribution in [2.75, 3.05) is 24.5 Å². The first-order chi connectivity index (χ1) is 10.7. The molecule has 1 heterocycles. The van der Waals surface area contributed by atoms with Gasteiger partial charge in [0, 0.05) is 17.4 Å². The van der Waals surface area contributed by atoms with Crippen LogP contribution in [0.1, 0.15) is 6.42 Å². The Labute approximate surface area is 127 Å². The fraction of sp³-hybridized carbons (Fsp3) is 0.188. The number of benzene rings is 2. The van der Waals surface area contributed by atoms with E-state index in [9.17, 15) is 4.79 Å². The topological polar surface area (TPSA) is 82.8 Å². The predicted molar refractivity (Wildman–Crippen MR) is 82.2 cm³/mol. The molecule has 114 valence electrons. The normalized spacial score (nSPS) is 12.0. The molecule has 1 aliphatic rings. The minimum absolute atomic E-state index is 0.133. The fourth-order valence-corrected chi connectivity index (χ4v) is 2.07. The van der Waals surface area contributed by atoms with Crippen LogP contribution in [0.3, 0.4) is 0 Å². The number of hydrogen-bond acceptors (Lipinski definition) is 5. The van der Waals surface area contributed by atoms with Crippen molar-refractivity contribution in [1.82, 2.24) is 0 Å². The second kappa shape index (κ2) is 6.26. The summed E-state index contributed by atoms with van der Waals surface area (Å²) in [5.74, 6) is 1.86. The van der Waals surface area contributed by atoms with Crippen LogP contribution in [-0.2, 0) is 4.79 Å². The number of carbonyl (C=O) groups is 1. The molecule has 0 bridgehead atoms. The lowest BCUT2D eigenvalue weighted by atomic mass is 10.2. The Balaban J connectivity index is 1.47. The molecule has 6 heteroatoms. The van der Waals surface area contributed by atoms with Gasteiger partial charge in [-0.2, -0.15) is 0 Å². The summed E-state index contributed by atoms with van der Waals surface area (Å²) in [5, 5.41) is 2.77. The van der Waals surface area contributed by atoms with Crippen LogP contribution in [0.2, 0.25) is 0 Å². The van der Waals surface area contributed by atoms with Gasteiger partial charge in [0.2, 0.25) is 12.7 Å². The first-order valence-corrected chi connectivity index (χ1v) is 6.88. The highest BCUT2D eigenvalue weighted by atomic mass is 16.7. The van der Waals surface area contributed by atoms with Gasteiger partial charge < -0.3 is 25.3 Å². The van der Waals surface area contributed by atoms with E-state index < -0.39 is 0 Å². The lowest BCUT2D eigenvalue weighted by Gasteiger charge is -2.08. The van der Waals surface area contributed by atoms with Gasteiger partial charge in [0.25, 0.3) is 0 Å². The number of ether oxygens (including phenoxy) is 3. The van der Waals surface area contributed by atoms with Crippen LogP contribution < -0.4 is 25.3 Å². The van der Waals surface area contributed by atoms with Crippen molar-refractivity contribution in [2.24, 2.45) is 0 Å². The van der Waals surface area contributed by atoms with Crippen LogP contribution in [-0.4, -0.2) is 19.3 Å². The van der Waals surface area contributed by atoms with Gasteiger partial charge in [-0.1, -0.05) is 6.07 Å². The monoisotopic (exact) mass is 300 g/mol. The molecule has 1 aliphatic heterocycles. The third kappa shape index (κ3) is 3.41. The molecule has 0 saturated heterocycles. The number of amides is 1. The van der Waals surface area contributed by atoms with Crippen molar-refractivity contribution in [3.05, 3.63) is 42.5 Å². The maximum Gasteiger partial charge on any atom is 0.231 e. The van der Waals surface area contributed by atoms with E-state index in [-0.39, 0.29) is 25.7 Å². The molecule has 0 radical (unpaired) electrons. The van der Waals surface area contributed by atoms with E-state index >= 15 is 0 Å². The number of carbonyl (C=O) groups excluding carboxylic acids is 1. The van der Waals surface area contributed by atoms with Crippen LogP contribution in [0.5, 0.6) is 17.2 Å². The van der Waals surface area contributed by atoms with E-state index in [1.165, 1.54) is 0 Å². The van der Waals surface area contributed by atoms with E-state index in [0.717, 1.165) is 0 Å². The summed E-state index contributed by atoms with van der Waals surface area (Å²) in [4.78, 5) is 11.8. The van der Waals surface area contributed by atoms with Crippen LogP contribution >= 0.6 is 0 Å². The average Bonchev–Trinajstić information content (AvgIpc) is 2.95. The van der Waals surface area contributed by atoms with Gasteiger partial charge in [0.1, 0.15) is 5.75 Å². The predicted octanol–water partition coefficient (Wildman–Crippen LogP) is 2.41. The number of nitrogens with one attached hydrogen (secondary N) is 1. The zero-order valence-electron chi connectivity index (χ0n) is 11.9. The van der Waals surface area contributed by atoms with Crippen molar-refractivity contribution in [3.8, 4) is 17.2 Å². The van der Waals surface area contributed by atoms with E-state index in [0.29, 0.717) is 28.6 Å². The number of rotatable bonds is 5. The lowest BCUT2D eigenvalue weighted by molar-refractivity contribution is -0.116. The van der Waals surface area contributed by atoms with Crippen molar-refractivity contribution >= 4 is 17.3 Å². The van der Waals surface area contributed by atoms with E-state index in [1.54, 1.807) is 42.5 Å². The van der Waals surface area contributed by atoms with Crippen molar-refractivity contribution in [3.63, 3.8) is 0 Å². The smallest absolute Gasteiger partial charge is 0.231 e. The summed E-state index contributed by atoms with van der Waals surface area (Å²) in [6, 6.07) is 12.3. The zero-order chi connectivity index (χ0) is 15.4. The van der Waals surface area contributed by atoms with Gasteiger partial charge >= 0.3 is 0 Å². The minimum Gasteiger partial charge on any atom is -0.493 e. The molecule has 1 amide bonds. The number of anilines is 2. The summed E-state index contributed by atoms with van der Waals surface area (Å²) in [5.41, 5.74) is 6.94. The Morgan fingerprint density at radius 1 is 1.18 bits per heavy atom. The second-order valence-corrected chi connectivity index (χ2v) is 4.79. The Kier molecular flexibility index (Phi) is 4.00. The fourth-order valence-electron chi connectivity index (χ4n) is 2.07. The summed E-state index contributed by atoms with van der Waals surface area (Å²) < 4.78 is 16.0. The summed E-state index contributed by atoms with van der Waals surface area (Å²) >= 11 is 0. The molecule has 0 aromatic heterocycles. The SMILES string of the molecule is Nc1cccc(NC(=O)CCOc2ccc3c(c2)OCO3)c1. The van der Waals surface area contributed by atoms with Crippen molar-refractivity contribution in [1.29, 1.82) is 0 Å². The average molecular weight is 300 g/mol. The number of hydrogen-bond donors (Lipinski definition) is 2. The maximum atomic E-state index is 11.8. The Morgan fingerprint density at radius 2 is 2.05 bits per heavy atom. The largest absolute Gasteiger partial charge is 0.493 e. The summed E-state index contributed by atoms with van der Waals surface area (Å²) in [7, 11) is 0. The highest BCUT2D eigenvalue weighted by Gasteiger charge is 2.13. The highest BCUT2D eigenvalue weighted by Crippen LogP contribution is 2.35. The van der Waals surface area contributed by atoms with Gasteiger partial charge in [-0.15, -0.1) is 0 Å². The Bertz CT molecular complexity index is 688. The van der Waals surface area contributed by atoms with Gasteiger partial charge in [-0.05, 0) is 30.3 Å². The maximum absolute atomic E-state index is 11.8. The second-order valence-electron chi connectivity index (χ2n) is 4.79. The van der Waals surface area contributed by atoms with E-state index in [4.69, 9.17) is 19.9 Å². The standard InChI is InChI=1S/C16H16N2O4/c17-11-2-1-3-12(8-11)18-16(19)6-7-20-13-4-5-14-15(9-13)22-10-21-14/h1-5,8-9H,6-7,10,17H2,(H,18,19). The Morgan fingerprint density at radius 3 is 2.91 bits per heavy atom. The van der Waals surface area contributed by atoms with Crippen LogP contribution in [0.25, 0.3) is 0 Å². The van der Waals surface area contributed by atoms with Crippen molar-refractivity contribution in [2.45, 2.75) is 6.42 Å². The third-order valence-electron chi connectivity index (χ3n) is 3.11. The molecule has 2 aromatic rings. The van der Waals surface area contributed by atoms with Gasteiger partial charge in [0.05, 0.1) is 13.0 Å². The quantitative estimate of drug-likeness (QED) is 0.829. The molecule has 2 aromatic carbocycles. The molecule has 0 fully saturated rings. The van der Waals surface area contributed by atoms with Gasteiger partial charge in [0.15, 0.2) is 11.5 Å². The first-order valence-electron chi connectivity index (χ1n) is 6.88. The molecule has 3 rings (SSSR count). The first kappa shape index (κ1) is 14.1. The molecule has 0 spiro atoms. The molecular weight excluding hydrogens is 284 g/mol. The number of nitrogen functional groups attached to an aromatic ring is 1. The van der Waals surface area contributed by atoms with E-state index in [1.807, 2.05) is 0 Å². The molecule has 0 aliphatic carbocycles. The van der Waals surface area contributed by atoms with Crippen LogP contribution in [0.15, 0.2) is 42.5 Å². The lowest BCUT2D eigenvalue weighted by Crippen LogP contribution is -2.15. The molecular formula is C16H16N2O4. The van der Waals surface area contributed by atoms with E-state index in [2.05, 4.69) is 5.32 Å². The number of fused-ring (bicyclic) bond motifs is 1.